The number of Topliss-reactive ketones (excluding diaryl/α,β-unsaturated/α-hetero) is 1. The number of carbonyl (C=O) groups is 2. The van der Waals surface area contributed by atoms with E-state index < -0.39 is 0 Å². The maximum Gasteiger partial charge on any atom is 0.256 e. The standard InChI is InChI=1S/C29H27ClN2O2.C11H20O.C2H6/c1-5-18(3)28(33)20-10-12-21(13-11-20)31-29(34)24-16-26(22-8-6-7-9-25(22)30)32-27-19(4)14-17(2)15-23(24)27;1-6-8-11(9(3)4)12-10(5)7-2;1-2/h6-16,18H,5H2,1-4H3,(H,31,34);7H,6,8H2,1-5H3;1-2H3/b;10-7-;. The fourth-order valence-corrected chi connectivity index (χ4v) is 5.18. The Hall–Kier alpha value is -4.22. The third kappa shape index (κ3) is 10.9. The van der Waals surface area contributed by atoms with Crippen LogP contribution in [0, 0.1) is 19.8 Å². The highest BCUT2D eigenvalue weighted by Crippen LogP contribution is 2.32. The zero-order chi connectivity index (χ0) is 36.0. The SMILES string of the molecule is C/C=C(/C)OC(CCC)=C(C)C.CC.CCC(C)C(=O)c1ccc(NC(=O)c2cc(-c3ccccc3Cl)nc3c(C)cc(C)cc23)cc1. The number of rotatable bonds is 10. The molecule has 0 spiro atoms. The van der Waals surface area contributed by atoms with Crippen molar-refractivity contribution in [1.29, 1.82) is 0 Å². The number of amides is 1. The molecule has 1 atom stereocenters. The third-order valence-corrected chi connectivity index (χ3v) is 8.19. The van der Waals surface area contributed by atoms with E-state index in [1.807, 2.05) is 91.8 Å². The first-order valence-electron chi connectivity index (χ1n) is 17.0. The first-order valence-corrected chi connectivity index (χ1v) is 17.4. The van der Waals surface area contributed by atoms with Crippen LogP contribution in [0.1, 0.15) is 113 Å². The second-order valence-corrected chi connectivity index (χ2v) is 12.3. The zero-order valence-corrected chi connectivity index (χ0v) is 31.4. The summed E-state index contributed by atoms with van der Waals surface area (Å²) in [4.78, 5) is 30.7. The van der Waals surface area contributed by atoms with Crippen LogP contribution in [0.25, 0.3) is 22.2 Å². The average Bonchev–Trinajstić information content (AvgIpc) is 3.08. The molecular formula is C42H53ClN2O3. The van der Waals surface area contributed by atoms with Crippen molar-refractivity contribution in [3.8, 4) is 11.3 Å². The molecule has 1 amide bonds. The van der Waals surface area contributed by atoms with Crippen molar-refractivity contribution in [2.24, 2.45) is 5.92 Å². The molecule has 0 aliphatic carbocycles. The average molecular weight is 669 g/mol. The first-order chi connectivity index (χ1) is 22.9. The Morgan fingerprint density at radius 1 is 0.958 bits per heavy atom. The van der Waals surface area contributed by atoms with Crippen molar-refractivity contribution in [2.75, 3.05) is 5.32 Å². The van der Waals surface area contributed by atoms with Crippen LogP contribution in [0.15, 0.2) is 89.9 Å². The number of halogens is 1. The molecule has 1 unspecified atom stereocenters. The van der Waals surface area contributed by atoms with Gasteiger partial charge in [-0.05, 0) is 114 Å². The summed E-state index contributed by atoms with van der Waals surface area (Å²) < 4.78 is 5.64. The number of aromatic nitrogens is 1. The first kappa shape index (κ1) is 40.0. The Morgan fingerprint density at radius 2 is 1.60 bits per heavy atom. The van der Waals surface area contributed by atoms with Gasteiger partial charge in [-0.1, -0.05) is 76.0 Å². The van der Waals surface area contributed by atoms with Gasteiger partial charge in [0.15, 0.2) is 5.78 Å². The Bertz CT molecular complexity index is 1750. The van der Waals surface area contributed by atoms with Crippen molar-refractivity contribution >= 4 is 39.9 Å². The van der Waals surface area contributed by atoms with Crippen LogP contribution in [0.3, 0.4) is 0 Å². The van der Waals surface area contributed by atoms with Crippen LogP contribution in [0.4, 0.5) is 5.69 Å². The summed E-state index contributed by atoms with van der Waals surface area (Å²) in [5, 5.41) is 4.34. The van der Waals surface area contributed by atoms with Crippen molar-refractivity contribution in [3.63, 3.8) is 0 Å². The molecule has 6 heteroatoms. The van der Waals surface area contributed by atoms with Crippen molar-refractivity contribution in [1.82, 2.24) is 4.98 Å². The number of ketones is 1. The van der Waals surface area contributed by atoms with Gasteiger partial charge in [-0.2, -0.15) is 0 Å². The number of pyridine rings is 1. The largest absolute Gasteiger partial charge is 0.467 e. The summed E-state index contributed by atoms with van der Waals surface area (Å²) in [5.41, 5.74) is 7.29. The van der Waals surface area contributed by atoms with Crippen molar-refractivity contribution in [2.45, 2.75) is 95.4 Å². The molecule has 48 heavy (non-hydrogen) atoms. The van der Waals surface area contributed by atoms with Gasteiger partial charge in [-0.25, -0.2) is 4.98 Å². The van der Waals surface area contributed by atoms with Gasteiger partial charge in [0.2, 0.25) is 0 Å². The predicted octanol–water partition coefficient (Wildman–Crippen LogP) is 12.7. The Morgan fingerprint density at radius 3 is 2.17 bits per heavy atom. The summed E-state index contributed by atoms with van der Waals surface area (Å²) in [7, 11) is 0. The molecule has 0 aliphatic heterocycles. The fraction of sp³-hybridized carbons (Fsp3) is 0.357. The van der Waals surface area contributed by atoms with Crippen LogP contribution < -0.4 is 5.32 Å². The van der Waals surface area contributed by atoms with E-state index in [2.05, 4.69) is 32.2 Å². The van der Waals surface area contributed by atoms with Crippen LogP contribution in [-0.2, 0) is 4.74 Å². The monoisotopic (exact) mass is 668 g/mol. The van der Waals surface area contributed by atoms with E-state index in [-0.39, 0.29) is 17.6 Å². The molecule has 1 heterocycles. The van der Waals surface area contributed by atoms with Gasteiger partial charge in [-0.3, -0.25) is 9.59 Å². The number of fused-ring (bicyclic) bond motifs is 1. The molecule has 0 saturated heterocycles. The van der Waals surface area contributed by atoms with Gasteiger partial charge in [0, 0.05) is 39.6 Å². The molecule has 1 N–H and O–H groups in total. The molecule has 1 aromatic heterocycles. The van der Waals surface area contributed by atoms with Gasteiger partial charge < -0.3 is 10.1 Å². The summed E-state index contributed by atoms with van der Waals surface area (Å²) in [5.74, 6) is 1.94. The van der Waals surface area contributed by atoms with Crippen LogP contribution >= 0.6 is 11.6 Å². The lowest BCUT2D eigenvalue weighted by molar-refractivity contribution is 0.0927. The molecular weight excluding hydrogens is 616 g/mol. The van der Waals surface area contributed by atoms with E-state index in [1.165, 1.54) is 5.57 Å². The molecule has 256 valence electrons. The lowest BCUT2D eigenvalue weighted by Gasteiger charge is -2.14. The molecule has 0 saturated carbocycles. The smallest absolute Gasteiger partial charge is 0.256 e. The minimum absolute atomic E-state index is 0.0293. The number of anilines is 1. The van der Waals surface area contributed by atoms with Gasteiger partial charge in [-0.15, -0.1) is 0 Å². The number of hydrogen-bond acceptors (Lipinski definition) is 4. The molecule has 0 radical (unpaired) electrons. The highest BCUT2D eigenvalue weighted by Gasteiger charge is 2.18. The summed E-state index contributed by atoms with van der Waals surface area (Å²) in [6, 6.07) is 20.4. The van der Waals surface area contributed by atoms with E-state index in [9.17, 15) is 9.59 Å². The molecule has 4 rings (SSSR count). The normalized spacial score (nSPS) is 11.4. The zero-order valence-electron chi connectivity index (χ0n) is 30.7. The fourth-order valence-electron chi connectivity index (χ4n) is 4.95. The Kier molecular flexibility index (Phi) is 16.3. The Labute approximate surface area is 293 Å². The van der Waals surface area contributed by atoms with E-state index in [1.54, 1.807) is 30.3 Å². The summed E-state index contributed by atoms with van der Waals surface area (Å²) >= 11 is 6.44. The van der Waals surface area contributed by atoms with E-state index in [0.717, 1.165) is 58.4 Å². The number of benzene rings is 3. The van der Waals surface area contributed by atoms with Crippen LogP contribution in [-0.4, -0.2) is 16.7 Å². The third-order valence-electron chi connectivity index (χ3n) is 7.86. The second kappa shape index (κ2) is 19.6. The topological polar surface area (TPSA) is 68.3 Å². The number of ether oxygens (including phenoxy) is 1. The molecule has 3 aromatic carbocycles. The quantitative estimate of drug-likeness (QED) is 0.135. The number of carbonyl (C=O) groups excluding carboxylic acids is 2. The minimum atomic E-state index is -0.244. The lowest BCUT2D eigenvalue weighted by Crippen LogP contribution is -2.14. The van der Waals surface area contributed by atoms with Gasteiger partial charge >= 0.3 is 0 Å². The number of nitrogens with zero attached hydrogens (tertiary/aromatic N) is 1. The highest BCUT2D eigenvalue weighted by atomic mass is 35.5. The highest BCUT2D eigenvalue weighted by molar-refractivity contribution is 6.33. The molecule has 0 fully saturated rings. The van der Waals surface area contributed by atoms with E-state index in [4.69, 9.17) is 21.3 Å². The number of allylic oxidation sites excluding steroid dienone is 4. The van der Waals surface area contributed by atoms with E-state index in [0.29, 0.717) is 27.5 Å². The maximum atomic E-state index is 13.5. The number of nitrogens with one attached hydrogen (secondary N) is 1. The van der Waals surface area contributed by atoms with Crippen molar-refractivity contribution < 1.29 is 14.3 Å². The maximum absolute atomic E-state index is 13.5. The molecule has 4 aromatic rings. The Balaban J connectivity index is 0.000000485. The number of aryl methyl sites for hydroxylation is 2. The van der Waals surface area contributed by atoms with Crippen LogP contribution in [0.2, 0.25) is 5.02 Å². The van der Waals surface area contributed by atoms with Crippen molar-refractivity contribution in [3.05, 3.63) is 117 Å². The molecule has 5 nitrogen and oxygen atoms in total. The van der Waals surface area contributed by atoms with Crippen LogP contribution in [0.5, 0.6) is 0 Å². The second-order valence-electron chi connectivity index (χ2n) is 11.9. The summed E-state index contributed by atoms with van der Waals surface area (Å²) in [6.45, 7) is 22.2. The lowest BCUT2D eigenvalue weighted by atomic mass is 9.97. The van der Waals surface area contributed by atoms with Gasteiger partial charge in [0.05, 0.1) is 22.5 Å². The van der Waals surface area contributed by atoms with E-state index >= 15 is 0 Å². The minimum Gasteiger partial charge on any atom is -0.467 e. The van der Waals surface area contributed by atoms with Gasteiger partial charge in [0.1, 0.15) is 5.76 Å². The molecule has 0 aliphatic rings. The molecule has 0 bridgehead atoms. The van der Waals surface area contributed by atoms with Gasteiger partial charge in [0.25, 0.3) is 5.91 Å². The summed E-state index contributed by atoms with van der Waals surface area (Å²) in [6.07, 6.45) is 4.95. The number of hydrogen-bond donors (Lipinski definition) is 1. The predicted molar refractivity (Wildman–Crippen MR) is 205 cm³/mol.